The van der Waals surface area contributed by atoms with Crippen molar-refractivity contribution in [2.24, 2.45) is 0 Å². The van der Waals surface area contributed by atoms with Crippen LogP contribution in [0.25, 0.3) is 0 Å². The van der Waals surface area contributed by atoms with Crippen molar-refractivity contribution in [2.75, 3.05) is 0 Å². The molecule has 140 valence electrons. The lowest BCUT2D eigenvalue weighted by Crippen LogP contribution is -2.59. The van der Waals surface area contributed by atoms with Gasteiger partial charge in [-0.05, 0) is 0 Å². The monoisotopic (exact) mass is 386 g/mol. The van der Waals surface area contributed by atoms with E-state index < -0.39 is 37.2 Å². The van der Waals surface area contributed by atoms with E-state index in [4.69, 9.17) is 0 Å². The Hall–Kier alpha value is -1.10. The summed E-state index contributed by atoms with van der Waals surface area (Å²) in [4.78, 5) is 0. The highest BCUT2D eigenvalue weighted by atomic mass is 19.4. The maximum absolute atomic E-state index is 12.9. The molecule has 0 N–H and O–H groups in total. The van der Waals surface area contributed by atoms with Crippen molar-refractivity contribution in [3.8, 4) is 0 Å². The predicted octanol–water partition coefficient (Wildman–Crippen LogP) is 4.45. The van der Waals surface area contributed by atoms with E-state index in [-0.39, 0.29) is 0 Å². The Balaban J connectivity index is 5.91. The van der Waals surface area contributed by atoms with Crippen molar-refractivity contribution in [1.82, 2.24) is 0 Å². The molecule has 0 aliphatic heterocycles. The summed E-state index contributed by atoms with van der Waals surface area (Å²) < 4.78 is 172. The van der Waals surface area contributed by atoms with Gasteiger partial charge in [-0.1, -0.05) is 0 Å². The van der Waals surface area contributed by atoms with Gasteiger partial charge in [0.15, 0.2) is 0 Å². The van der Waals surface area contributed by atoms with Crippen LogP contribution in [0.3, 0.4) is 0 Å². The van der Waals surface area contributed by atoms with Crippen LogP contribution in [-0.4, -0.2) is 37.2 Å². The maximum atomic E-state index is 12.9. The van der Waals surface area contributed by atoms with Crippen LogP contribution in [0.4, 0.5) is 61.5 Å². The lowest BCUT2D eigenvalue weighted by Gasteiger charge is -2.35. The molecule has 0 aromatic rings. The number of ether oxygens (including phenoxy) is 3. The van der Waals surface area contributed by atoms with Gasteiger partial charge in [0.1, 0.15) is 0 Å². The lowest BCUT2D eigenvalue weighted by molar-refractivity contribution is -0.605. The lowest BCUT2D eigenvalue weighted by atomic mass is 10.5. The van der Waals surface area contributed by atoms with E-state index in [9.17, 15) is 61.5 Å². The fraction of sp³-hybridized carbons (Fsp3) is 1.00. The van der Waals surface area contributed by atoms with Gasteiger partial charge in [-0.15, -0.1) is 26.3 Å². The molecule has 2 atom stereocenters. The van der Waals surface area contributed by atoms with E-state index in [1.165, 1.54) is 9.47 Å². The molecule has 2 unspecified atom stereocenters. The van der Waals surface area contributed by atoms with Crippen LogP contribution in [0, 0.1) is 0 Å². The first-order valence-corrected chi connectivity index (χ1v) is 4.37. The SMILES string of the molecule is FC(F)(F)OC(F)(OC(F)(OC(F)(F)F)C(F)(F)F)C(F)(F)F. The zero-order valence-corrected chi connectivity index (χ0v) is 9.52. The van der Waals surface area contributed by atoms with Gasteiger partial charge in [0, 0.05) is 0 Å². The fourth-order valence-electron chi connectivity index (χ4n) is 0.740. The normalized spacial score (nSPS) is 20.1. The minimum absolute atomic E-state index is 1.49. The zero-order chi connectivity index (χ0) is 19.1. The van der Waals surface area contributed by atoms with E-state index in [1.807, 2.05) is 0 Å². The Kier molecular flexibility index (Phi) is 5.49. The Morgan fingerprint density at radius 2 is 0.565 bits per heavy atom. The Bertz CT molecular complexity index is 367. The first-order valence-electron chi connectivity index (χ1n) is 4.37. The van der Waals surface area contributed by atoms with Gasteiger partial charge in [-0.25, -0.2) is 14.2 Å². The standard InChI is InChI=1S/C6F14O3/c7-1(8,9)3(13,22-5(15,16)17)21-4(14,2(10,11)12)23-6(18,19)20. The quantitative estimate of drug-likeness (QED) is 0.528. The van der Waals surface area contributed by atoms with Crippen LogP contribution < -0.4 is 0 Å². The molecule has 0 amide bonds. The predicted molar refractivity (Wildman–Crippen MR) is 35.2 cm³/mol. The van der Waals surface area contributed by atoms with Crippen molar-refractivity contribution >= 4 is 0 Å². The molecule has 0 saturated carbocycles. The van der Waals surface area contributed by atoms with Crippen LogP contribution in [0.2, 0.25) is 0 Å². The number of halogens is 14. The molecule has 17 heteroatoms. The van der Waals surface area contributed by atoms with Gasteiger partial charge < -0.3 is 0 Å². The third-order valence-corrected chi connectivity index (χ3v) is 1.43. The van der Waals surface area contributed by atoms with Crippen molar-refractivity contribution in [2.45, 2.75) is 37.2 Å². The average Bonchev–Trinajstić information content (AvgIpc) is 2.05. The van der Waals surface area contributed by atoms with Crippen LogP contribution in [-0.2, 0) is 14.2 Å². The minimum Gasteiger partial charge on any atom is -0.247 e. The topological polar surface area (TPSA) is 27.7 Å². The molecule has 0 aromatic heterocycles. The van der Waals surface area contributed by atoms with Gasteiger partial charge >= 0.3 is 37.2 Å². The van der Waals surface area contributed by atoms with Gasteiger partial charge in [0.25, 0.3) is 0 Å². The number of hydrogen-bond acceptors (Lipinski definition) is 3. The summed E-state index contributed by atoms with van der Waals surface area (Å²) in [5, 5.41) is 0. The van der Waals surface area contributed by atoms with Gasteiger partial charge in [0.2, 0.25) is 0 Å². The highest BCUT2D eigenvalue weighted by molar-refractivity contribution is 4.76. The van der Waals surface area contributed by atoms with Gasteiger partial charge in [-0.2, -0.15) is 35.1 Å². The molecule has 0 aliphatic carbocycles. The molecule has 0 aromatic carbocycles. The van der Waals surface area contributed by atoms with E-state index >= 15 is 0 Å². The molecule has 0 bridgehead atoms. The summed E-state index contributed by atoms with van der Waals surface area (Å²) in [6.45, 7) is 0. The second-order valence-electron chi connectivity index (χ2n) is 3.27. The second-order valence-corrected chi connectivity index (χ2v) is 3.27. The summed E-state index contributed by atoms with van der Waals surface area (Å²) in [6.07, 6.45) is -27.9. The van der Waals surface area contributed by atoms with Crippen LogP contribution in [0.1, 0.15) is 0 Å². The fourth-order valence-corrected chi connectivity index (χ4v) is 0.740. The van der Waals surface area contributed by atoms with E-state index in [0.29, 0.717) is 0 Å². The summed E-state index contributed by atoms with van der Waals surface area (Å²) in [7, 11) is 0. The molecule has 0 aliphatic rings. The minimum atomic E-state index is -7.21. The molecule has 23 heavy (non-hydrogen) atoms. The maximum Gasteiger partial charge on any atom is 0.527 e. The first-order chi connectivity index (χ1) is 9.62. The van der Waals surface area contributed by atoms with Crippen molar-refractivity contribution in [3.63, 3.8) is 0 Å². The molecule has 3 nitrogen and oxygen atoms in total. The van der Waals surface area contributed by atoms with Crippen LogP contribution in [0.15, 0.2) is 0 Å². The highest BCUT2D eigenvalue weighted by Gasteiger charge is 2.75. The molecule has 0 spiro atoms. The summed E-state index contributed by atoms with van der Waals surface area (Å²) >= 11 is 0. The zero-order valence-electron chi connectivity index (χ0n) is 9.52. The molecule has 0 radical (unpaired) electrons. The Morgan fingerprint density at radius 1 is 0.348 bits per heavy atom. The number of rotatable bonds is 4. The molecule has 0 fully saturated rings. The molecular weight excluding hydrogens is 386 g/mol. The molecule has 0 saturated heterocycles. The summed E-state index contributed by atoms with van der Waals surface area (Å²) in [5.74, 6) is 0. The Labute approximate surface area is 114 Å². The van der Waals surface area contributed by atoms with Gasteiger partial charge in [0.05, 0.1) is 0 Å². The van der Waals surface area contributed by atoms with Crippen molar-refractivity contribution in [1.29, 1.82) is 0 Å². The largest absolute Gasteiger partial charge is 0.527 e. The van der Waals surface area contributed by atoms with E-state index in [2.05, 4.69) is 0 Å². The van der Waals surface area contributed by atoms with Crippen molar-refractivity contribution in [3.05, 3.63) is 0 Å². The van der Waals surface area contributed by atoms with Gasteiger partial charge in [-0.3, -0.25) is 0 Å². The highest BCUT2D eigenvalue weighted by Crippen LogP contribution is 2.49. The van der Waals surface area contributed by atoms with Crippen molar-refractivity contribution < 1.29 is 75.7 Å². The average molecular weight is 386 g/mol. The summed E-state index contributed by atoms with van der Waals surface area (Å²) in [6, 6.07) is -14.0. The molecular formula is C6F14O3. The van der Waals surface area contributed by atoms with Crippen LogP contribution in [0.5, 0.6) is 0 Å². The third kappa shape index (κ3) is 6.13. The second kappa shape index (κ2) is 5.76. The summed E-state index contributed by atoms with van der Waals surface area (Å²) in [5.41, 5.74) is 0. The number of alkyl halides is 14. The Morgan fingerprint density at radius 3 is 0.696 bits per heavy atom. The molecule has 0 heterocycles. The van der Waals surface area contributed by atoms with Crippen LogP contribution >= 0.6 is 0 Å². The van der Waals surface area contributed by atoms with E-state index in [0.717, 1.165) is 0 Å². The number of hydrogen-bond donors (Lipinski definition) is 0. The third-order valence-electron chi connectivity index (χ3n) is 1.43. The smallest absolute Gasteiger partial charge is 0.247 e. The molecule has 0 rings (SSSR count). The van der Waals surface area contributed by atoms with E-state index in [1.54, 1.807) is 4.74 Å². The first kappa shape index (κ1) is 21.9.